The molecule has 1 aromatic rings. The molecule has 0 fully saturated rings. The third-order valence-corrected chi connectivity index (χ3v) is 4.19. The largest absolute Gasteiger partial charge is 0.598 e. The fraction of sp³-hybridized carbons (Fsp3) is 0.500. The molecule has 5 heteroatoms. The Morgan fingerprint density at radius 3 is 2.65 bits per heavy atom. The van der Waals surface area contributed by atoms with E-state index in [9.17, 15) is 8.94 Å². The first-order valence-corrected chi connectivity index (χ1v) is 7.30. The van der Waals surface area contributed by atoms with Gasteiger partial charge >= 0.3 is 0 Å². The number of hydrogen-bond donors (Lipinski definition) is 1. The first-order valence-electron chi connectivity index (χ1n) is 5.35. The molecule has 96 valence electrons. The van der Waals surface area contributed by atoms with E-state index in [1.54, 1.807) is 18.2 Å². The lowest BCUT2D eigenvalue weighted by Crippen LogP contribution is -2.40. The molecule has 0 aromatic heterocycles. The van der Waals surface area contributed by atoms with Gasteiger partial charge in [0.05, 0.1) is 6.54 Å². The highest BCUT2D eigenvalue weighted by Crippen LogP contribution is 2.21. The maximum absolute atomic E-state index is 13.8. The van der Waals surface area contributed by atoms with E-state index in [1.165, 1.54) is 0 Å². The molecule has 2 atom stereocenters. The van der Waals surface area contributed by atoms with Crippen molar-refractivity contribution in [1.29, 1.82) is 0 Å². The maximum atomic E-state index is 13.8. The molecule has 0 aliphatic carbocycles. The Kier molecular flexibility index (Phi) is 5.44. The molecule has 17 heavy (non-hydrogen) atoms. The van der Waals surface area contributed by atoms with Gasteiger partial charge in [-0.1, -0.05) is 28.1 Å². The molecule has 0 aliphatic heterocycles. The quantitative estimate of drug-likeness (QED) is 0.861. The van der Waals surface area contributed by atoms with Crippen molar-refractivity contribution < 1.29 is 8.94 Å². The second kappa shape index (κ2) is 6.18. The number of alkyl halides is 1. The Bertz CT molecular complexity index is 370. The Morgan fingerprint density at radius 1 is 1.47 bits per heavy atom. The SMILES string of the molecule is CC(C)(C)[S+]([O-])NC[C@H](F)c1cccc(Br)c1. The molecule has 0 saturated carbocycles. The van der Waals surface area contributed by atoms with Crippen molar-refractivity contribution in [2.24, 2.45) is 0 Å². The van der Waals surface area contributed by atoms with Gasteiger partial charge in [0.2, 0.25) is 0 Å². The van der Waals surface area contributed by atoms with Crippen LogP contribution in [-0.4, -0.2) is 15.8 Å². The highest BCUT2D eigenvalue weighted by Gasteiger charge is 2.27. The van der Waals surface area contributed by atoms with Crippen LogP contribution in [0.15, 0.2) is 28.7 Å². The van der Waals surface area contributed by atoms with Gasteiger partial charge in [0.25, 0.3) is 0 Å². The molecule has 2 nitrogen and oxygen atoms in total. The van der Waals surface area contributed by atoms with E-state index in [2.05, 4.69) is 20.7 Å². The van der Waals surface area contributed by atoms with Gasteiger partial charge in [-0.05, 0) is 38.5 Å². The van der Waals surface area contributed by atoms with Crippen LogP contribution in [0.25, 0.3) is 0 Å². The van der Waals surface area contributed by atoms with Crippen molar-refractivity contribution in [3.8, 4) is 0 Å². The highest BCUT2D eigenvalue weighted by atomic mass is 79.9. The number of halogens is 2. The van der Waals surface area contributed by atoms with E-state index in [4.69, 9.17) is 0 Å². The topological polar surface area (TPSA) is 35.1 Å². The predicted molar refractivity (Wildman–Crippen MR) is 73.9 cm³/mol. The number of nitrogens with one attached hydrogen (secondary N) is 1. The second-order valence-corrected chi connectivity index (χ2v) is 7.72. The summed E-state index contributed by atoms with van der Waals surface area (Å²) in [7, 11) is 0. The highest BCUT2D eigenvalue weighted by molar-refractivity contribution is 9.10. The van der Waals surface area contributed by atoms with E-state index >= 15 is 0 Å². The zero-order chi connectivity index (χ0) is 13.1. The minimum absolute atomic E-state index is 0.0559. The summed E-state index contributed by atoms with van der Waals surface area (Å²) in [6, 6.07) is 7.08. The van der Waals surface area contributed by atoms with Crippen molar-refractivity contribution in [2.75, 3.05) is 6.54 Å². The minimum atomic E-state index is -1.24. The minimum Gasteiger partial charge on any atom is -0.598 e. The molecular weight excluding hydrogens is 305 g/mol. The second-order valence-electron chi connectivity index (χ2n) is 4.75. The van der Waals surface area contributed by atoms with Crippen LogP contribution in [0.1, 0.15) is 32.5 Å². The average Bonchev–Trinajstić information content (AvgIpc) is 2.24. The fourth-order valence-corrected chi connectivity index (χ4v) is 2.33. The standard InChI is InChI=1S/C12H17BrFNOS/c1-12(2,3)17(16)15-8-11(14)9-5-4-6-10(13)7-9/h4-7,11,15H,8H2,1-3H3/t11-,17?/m0/s1. The van der Waals surface area contributed by atoms with Gasteiger partial charge in [0.1, 0.15) is 10.9 Å². The van der Waals surface area contributed by atoms with Gasteiger partial charge < -0.3 is 4.55 Å². The van der Waals surface area contributed by atoms with Gasteiger partial charge in [-0.3, -0.25) is 0 Å². The summed E-state index contributed by atoms with van der Waals surface area (Å²) in [6.07, 6.45) is -1.15. The Labute approximate surface area is 113 Å². The van der Waals surface area contributed by atoms with E-state index in [1.807, 2.05) is 26.8 Å². The summed E-state index contributed by atoms with van der Waals surface area (Å²) >= 11 is 2.06. The van der Waals surface area contributed by atoms with Gasteiger partial charge in [-0.15, -0.1) is 4.72 Å². The monoisotopic (exact) mass is 321 g/mol. The van der Waals surface area contributed by atoms with E-state index < -0.39 is 17.5 Å². The lowest BCUT2D eigenvalue weighted by molar-refractivity contribution is 0.342. The first-order chi connectivity index (χ1) is 7.80. The van der Waals surface area contributed by atoms with Crippen LogP contribution in [0.2, 0.25) is 0 Å². The number of hydrogen-bond acceptors (Lipinski definition) is 2. The molecule has 1 aromatic carbocycles. The van der Waals surface area contributed by atoms with E-state index in [-0.39, 0.29) is 11.3 Å². The molecule has 1 rings (SSSR count). The zero-order valence-corrected chi connectivity index (χ0v) is 12.6. The van der Waals surface area contributed by atoms with E-state index in [0.29, 0.717) is 5.56 Å². The summed E-state index contributed by atoms with van der Waals surface area (Å²) in [5.74, 6) is 0. The zero-order valence-electron chi connectivity index (χ0n) is 10.2. The summed E-state index contributed by atoms with van der Waals surface area (Å²) in [5.41, 5.74) is 0.581. The van der Waals surface area contributed by atoms with Gasteiger partial charge in [-0.25, -0.2) is 4.39 Å². The van der Waals surface area contributed by atoms with Crippen LogP contribution in [0.5, 0.6) is 0 Å². The summed E-state index contributed by atoms with van der Waals surface area (Å²) < 4.78 is 28.7. The molecule has 0 radical (unpaired) electrons. The summed E-state index contributed by atoms with van der Waals surface area (Å²) in [5, 5.41) is 0. The van der Waals surface area contributed by atoms with Crippen molar-refractivity contribution in [1.82, 2.24) is 4.72 Å². The summed E-state index contributed by atoms with van der Waals surface area (Å²) in [4.78, 5) is 0. The van der Waals surface area contributed by atoms with Crippen LogP contribution in [0.4, 0.5) is 4.39 Å². The van der Waals surface area contributed by atoms with Crippen LogP contribution in [0, 0.1) is 0 Å². The Balaban J connectivity index is 2.53. The predicted octanol–water partition coefficient (Wildman–Crippen LogP) is 3.51. The molecule has 0 spiro atoms. The Morgan fingerprint density at radius 2 is 2.12 bits per heavy atom. The van der Waals surface area contributed by atoms with Crippen LogP contribution in [0.3, 0.4) is 0 Å². The molecule has 0 heterocycles. The van der Waals surface area contributed by atoms with Gasteiger partial charge in [0, 0.05) is 15.8 Å². The normalized spacial score (nSPS) is 15.6. The third-order valence-electron chi connectivity index (χ3n) is 2.16. The maximum Gasteiger partial charge on any atom is 0.142 e. The van der Waals surface area contributed by atoms with Crippen LogP contribution >= 0.6 is 15.9 Å². The van der Waals surface area contributed by atoms with Crippen molar-refractivity contribution in [3.05, 3.63) is 34.3 Å². The molecule has 0 aliphatic rings. The molecule has 0 bridgehead atoms. The van der Waals surface area contributed by atoms with Gasteiger partial charge in [0.15, 0.2) is 0 Å². The third kappa shape index (κ3) is 4.95. The first kappa shape index (κ1) is 15.0. The Hall–Kier alpha value is -0.100. The molecule has 1 unspecified atom stereocenters. The van der Waals surface area contributed by atoms with Crippen molar-refractivity contribution >= 4 is 27.3 Å². The fourth-order valence-electron chi connectivity index (χ4n) is 1.18. The lowest BCUT2D eigenvalue weighted by atomic mass is 10.1. The van der Waals surface area contributed by atoms with E-state index in [0.717, 1.165) is 4.47 Å². The van der Waals surface area contributed by atoms with Gasteiger partial charge in [-0.2, -0.15) is 0 Å². The number of benzene rings is 1. The van der Waals surface area contributed by atoms with Crippen molar-refractivity contribution in [3.63, 3.8) is 0 Å². The van der Waals surface area contributed by atoms with Crippen molar-refractivity contribution in [2.45, 2.75) is 31.7 Å². The molecule has 0 amide bonds. The lowest BCUT2D eigenvalue weighted by Gasteiger charge is -2.24. The number of rotatable bonds is 4. The summed E-state index contributed by atoms with van der Waals surface area (Å²) in [6.45, 7) is 5.60. The smallest absolute Gasteiger partial charge is 0.142 e. The molecule has 0 saturated heterocycles. The van der Waals surface area contributed by atoms with Crippen LogP contribution in [-0.2, 0) is 11.4 Å². The average molecular weight is 322 g/mol. The molecular formula is C12H17BrFNOS. The van der Waals surface area contributed by atoms with Crippen LogP contribution < -0.4 is 4.72 Å². The molecule has 1 N–H and O–H groups in total.